The van der Waals surface area contributed by atoms with Crippen molar-refractivity contribution in [3.63, 3.8) is 0 Å². The Morgan fingerprint density at radius 3 is 2.48 bits per heavy atom. The molecule has 0 bridgehead atoms. The van der Waals surface area contributed by atoms with Gasteiger partial charge in [0.1, 0.15) is 30.7 Å². The van der Waals surface area contributed by atoms with Crippen LogP contribution in [0.1, 0.15) is 19.8 Å². The highest BCUT2D eigenvalue weighted by molar-refractivity contribution is 7.85. The lowest BCUT2D eigenvalue weighted by molar-refractivity contribution is 0.0174. The number of hydrogen-bond acceptors (Lipinski definition) is 9. The van der Waals surface area contributed by atoms with Gasteiger partial charge in [0.05, 0.1) is 18.5 Å². The SMILES string of the molecule is CCN(CCNCCCS(=O)(=O)O)CC(O)COCCC[Si](O[SiH3])(O[SiH3])O[SiH2]C. The first-order valence-corrected chi connectivity index (χ1v) is 17.3. The first kappa shape index (κ1) is 29.5. The molecule has 3 N–H and O–H groups in total. The normalized spacial score (nSPS) is 16.2. The second-order valence-corrected chi connectivity index (χ2v) is 15.1. The number of ether oxygens (including phenoxy) is 1. The first-order chi connectivity index (χ1) is 13.7. The van der Waals surface area contributed by atoms with E-state index < -0.39 is 34.8 Å². The average Bonchev–Trinajstić information content (AvgIpc) is 2.67. The molecule has 0 saturated carbocycles. The fourth-order valence-corrected chi connectivity index (χ4v) is 13.1. The molecule has 0 spiro atoms. The van der Waals surface area contributed by atoms with Crippen molar-refractivity contribution in [1.29, 1.82) is 0 Å². The zero-order chi connectivity index (χ0) is 22.2. The topological polar surface area (TPSA) is 127 Å². The number of hydrogen-bond donors (Lipinski definition) is 3. The molecule has 0 aliphatic rings. The van der Waals surface area contributed by atoms with Crippen LogP contribution in [-0.4, -0.2) is 120 Å². The van der Waals surface area contributed by atoms with Crippen LogP contribution >= 0.6 is 0 Å². The minimum atomic E-state index is -3.89. The molecule has 15 heteroatoms. The van der Waals surface area contributed by atoms with Crippen molar-refractivity contribution in [3.05, 3.63) is 0 Å². The molecule has 10 nitrogen and oxygen atoms in total. The highest BCUT2D eigenvalue weighted by Crippen LogP contribution is 2.15. The quantitative estimate of drug-likeness (QED) is 0.0871. The van der Waals surface area contributed by atoms with E-state index in [0.717, 1.165) is 25.6 Å². The van der Waals surface area contributed by atoms with E-state index in [0.29, 0.717) is 53.6 Å². The summed E-state index contributed by atoms with van der Waals surface area (Å²) in [5.74, 6) is -0.234. The van der Waals surface area contributed by atoms with Crippen LogP contribution < -0.4 is 5.32 Å². The van der Waals surface area contributed by atoms with E-state index in [9.17, 15) is 13.5 Å². The van der Waals surface area contributed by atoms with Crippen molar-refractivity contribution in [2.24, 2.45) is 0 Å². The van der Waals surface area contributed by atoms with Gasteiger partial charge in [-0.05, 0) is 25.9 Å². The van der Waals surface area contributed by atoms with Gasteiger partial charge in [-0.25, -0.2) is 0 Å². The van der Waals surface area contributed by atoms with Crippen molar-refractivity contribution in [2.75, 3.05) is 51.7 Å². The Balaban J connectivity index is 3.91. The summed E-state index contributed by atoms with van der Waals surface area (Å²) in [4.78, 5) is 2.10. The van der Waals surface area contributed by atoms with Crippen molar-refractivity contribution < 1.29 is 35.2 Å². The summed E-state index contributed by atoms with van der Waals surface area (Å²) in [6.45, 7) is 8.16. The smallest absolute Gasteiger partial charge is 0.425 e. The zero-order valence-electron chi connectivity index (χ0n) is 18.3. The number of rotatable bonds is 20. The minimum absolute atomic E-state index is 0.234. The summed E-state index contributed by atoms with van der Waals surface area (Å²) in [5, 5.41) is 13.3. The number of aliphatic hydroxyl groups is 1. The second kappa shape index (κ2) is 17.1. The molecule has 176 valence electrons. The Morgan fingerprint density at radius 2 is 1.93 bits per heavy atom. The summed E-state index contributed by atoms with van der Waals surface area (Å²) >= 11 is 0. The van der Waals surface area contributed by atoms with Crippen LogP contribution in [0, 0.1) is 0 Å². The molecule has 0 aromatic rings. The fraction of sp³-hybridized carbons (Fsp3) is 1.00. The van der Waals surface area contributed by atoms with Crippen LogP contribution in [0.15, 0.2) is 0 Å². The summed E-state index contributed by atoms with van der Waals surface area (Å²) < 4.78 is 52.7. The van der Waals surface area contributed by atoms with E-state index in [2.05, 4.69) is 16.8 Å². The van der Waals surface area contributed by atoms with Crippen LogP contribution in [0.2, 0.25) is 12.6 Å². The Morgan fingerprint density at radius 1 is 1.24 bits per heavy atom. The van der Waals surface area contributed by atoms with E-state index >= 15 is 0 Å². The van der Waals surface area contributed by atoms with E-state index in [-0.39, 0.29) is 12.4 Å². The second-order valence-electron chi connectivity index (χ2n) is 6.64. The summed E-state index contributed by atoms with van der Waals surface area (Å²) in [6.07, 6.45) is 0.594. The molecule has 0 heterocycles. The van der Waals surface area contributed by atoms with Crippen LogP contribution in [0.5, 0.6) is 0 Å². The Kier molecular flexibility index (Phi) is 17.4. The molecule has 0 aromatic heterocycles. The van der Waals surface area contributed by atoms with Gasteiger partial charge in [-0.3, -0.25) is 9.45 Å². The van der Waals surface area contributed by atoms with Gasteiger partial charge in [0.15, 0.2) is 0 Å². The lowest BCUT2D eigenvalue weighted by atomic mass is 10.3. The first-order valence-electron chi connectivity index (χ1n) is 10.1. The molecule has 0 rings (SSSR count). The van der Waals surface area contributed by atoms with Crippen molar-refractivity contribution in [3.8, 4) is 0 Å². The van der Waals surface area contributed by atoms with Crippen LogP contribution in [0.3, 0.4) is 0 Å². The number of nitrogens with one attached hydrogen (secondary N) is 1. The molecule has 1 unspecified atom stereocenters. The molecule has 0 aliphatic carbocycles. The zero-order valence-corrected chi connectivity index (χ0v) is 25.5. The maximum atomic E-state index is 10.6. The van der Waals surface area contributed by atoms with Gasteiger partial charge in [-0.1, -0.05) is 13.5 Å². The molecular weight excluding hydrogens is 469 g/mol. The lowest BCUT2D eigenvalue weighted by Crippen LogP contribution is -2.45. The van der Waals surface area contributed by atoms with E-state index in [1.807, 2.05) is 6.92 Å². The van der Waals surface area contributed by atoms with Gasteiger partial charge in [0.2, 0.25) is 0 Å². The predicted molar refractivity (Wildman–Crippen MR) is 126 cm³/mol. The Labute approximate surface area is 185 Å². The molecule has 0 amide bonds. The third-order valence-corrected chi connectivity index (χ3v) is 14.0. The number of aliphatic hydroxyl groups excluding tert-OH is 1. The van der Waals surface area contributed by atoms with Gasteiger partial charge in [-0.15, -0.1) is 0 Å². The van der Waals surface area contributed by atoms with Crippen molar-refractivity contribution in [1.82, 2.24) is 10.2 Å². The summed E-state index contributed by atoms with van der Waals surface area (Å²) in [7, 11) is -5.65. The van der Waals surface area contributed by atoms with Gasteiger partial charge in [0.25, 0.3) is 10.1 Å². The van der Waals surface area contributed by atoms with Crippen LogP contribution in [-0.2, 0) is 27.2 Å². The Bertz CT molecular complexity index is 502. The van der Waals surface area contributed by atoms with E-state index in [1.54, 1.807) is 0 Å². The van der Waals surface area contributed by atoms with Gasteiger partial charge >= 0.3 is 8.80 Å². The van der Waals surface area contributed by atoms with Crippen molar-refractivity contribution >= 4 is 49.7 Å². The molecule has 29 heavy (non-hydrogen) atoms. The molecule has 0 aromatic carbocycles. The minimum Gasteiger partial charge on any atom is -0.425 e. The Hall–Kier alpha value is 0.498. The highest BCUT2D eigenvalue weighted by atomic mass is 32.2. The number of likely N-dealkylation sites (N-methyl/N-ethyl adjacent to an activating group) is 1. The maximum absolute atomic E-state index is 10.6. The van der Waals surface area contributed by atoms with Gasteiger partial charge in [-0.2, -0.15) is 8.42 Å². The van der Waals surface area contributed by atoms with Crippen molar-refractivity contribution in [2.45, 2.75) is 38.5 Å². The average molecular weight is 509 g/mol. The predicted octanol–water partition coefficient (Wildman–Crippen LogP) is -3.38. The third kappa shape index (κ3) is 15.9. The highest BCUT2D eigenvalue weighted by Gasteiger charge is 2.35. The third-order valence-electron chi connectivity index (χ3n) is 4.34. The number of nitrogens with zero attached hydrogens (tertiary/aromatic N) is 1. The lowest BCUT2D eigenvalue weighted by Gasteiger charge is -2.27. The van der Waals surface area contributed by atoms with Crippen LogP contribution in [0.4, 0.5) is 0 Å². The molecule has 0 radical (unpaired) electrons. The van der Waals surface area contributed by atoms with E-state index in [1.165, 1.54) is 0 Å². The standard InChI is InChI=1S/C14H40N2O8SSi4/c1-3-16(8-7-15-6-4-10-25(18,19)20)12-14(17)13-21-9-5-11-29(22-26,23-27)24-28-2/h14-15,17H,3-13,28H2,1-2,26-27H3,(H,18,19,20). The fourth-order valence-electron chi connectivity index (χ4n) is 2.78. The van der Waals surface area contributed by atoms with E-state index in [4.69, 9.17) is 21.6 Å². The molecular formula is C14H40N2O8SSi4. The van der Waals surface area contributed by atoms with Crippen LogP contribution in [0.25, 0.3) is 0 Å². The molecule has 1 atom stereocenters. The van der Waals surface area contributed by atoms with Gasteiger partial charge < -0.3 is 27.5 Å². The largest absolute Gasteiger partial charge is 0.468 e. The molecule has 0 saturated heterocycles. The monoisotopic (exact) mass is 508 g/mol. The molecule has 0 aliphatic heterocycles. The summed E-state index contributed by atoms with van der Waals surface area (Å²) in [5.41, 5.74) is 0. The molecule has 0 fully saturated rings. The van der Waals surface area contributed by atoms with Gasteiger partial charge in [0, 0.05) is 32.3 Å². The maximum Gasteiger partial charge on any atom is 0.468 e. The summed E-state index contributed by atoms with van der Waals surface area (Å²) in [6, 6.07) is 0.765.